The van der Waals surface area contributed by atoms with Gasteiger partial charge in [-0.05, 0) is 35.4 Å². The third kappa shape index (κ3) is 5.82. The Bertz CT molecular complexity index is 1310. The summed E-state index contributed by atoms with van der Waals surface area (Å²) in [7, 11) is 1.56. The van der Waals surface area contributed by atoms with Crippen molar-refractivity contribution in [1.82, 2.24) is 9.88 Å². The van der Waals surface area contributed by atoms with Gasteiger partial charge in [0, 0.05) is 17.5 Å². The number of carboxylic acid groups (broad SMARTS) is 1. The molecule has 1 heterocycles. The largest absolute Gasteiger partial charge is 1.00 e. The van der Waals surface area contributed by atoms with Crippen molar-refractivity contribution >= 4 is 16.9 Å². The SMILES string of the molecule is COc1nc2ccc(C#N)cc2cc1C(c1ccccc1)N(CC(=O)O)Cc1ccccc1.[H-].[Na+]. The Morgan fingerprint density at radius 2 is 1.76 bits per heavy atom. The van der Waals surface area contributed by atoms with Crippen molar-refractivity contribution in [3.8, 4) is 11.9 Å². The Morgan fingerprint density at radius 3 is 2.38 bits per heavy atom. The van der Waals surface area contributed by atoms with Crippen LogP contribution >= 0.6 is 0 Å². The normalized spacial score (nSPS) is 11.4. The molecule has 3 aromatic carbocycles. The molecule has 0 radical (unpaired) electrons. The number of ether oxygens (including phenoxy) is 1. The van der Waals surface area contributed by atoms with E-state index in [1.807, 2.05) is 71.6 Å². The summed E-state index contributed by atoms with van der Waals surface area (Å²) in [6.45, 7) is 0.250. The van der Waals surface area contributed by atoms with E-state index in [0.717, 1.165) is 22.1 Å². The molecule has 4 aromatic rings. The van der Waals surface area contributed by atoms with E-state index in [1.165, 1.54) is 0 Å². The van der Waals surface area contributed by atoms with Gasteiger partial charge in [-0.3, -0.25) is 9.69 Å². The molecule has 0 aliphatic carbocycles. The summed E-state index contributed by atoms with van der Waals surface area (Å²) in [6.07, 6.45) is 0. The number of fused-ring (bicyclic) bond motifs is 1. The first-order valence-electron chi connectivity index (χ1n) is 10.5. The summed E-state index contributed by atoms with van der Waals surface area (Å²) in [5.74, 6) is -0.504. The van der Waals surface area contributed by atoms with E-state index >= 15 is 0 Å². The molecule has 0 amide bonds. The van der Waals surface area contributed by atoms with Gasteiger partial charge < -0.3 is 11.3 Å². The Hall–Kier alpha value is -3.21. The molecule has 0 spiro atoms. The molecule has 0 saturated carbocycles. The van der Waals surface area contributed by atoms with Crippen LogP contribution in [0.2, 0.25) is 0 Å². The van der Waals surface area contributed by atoms with Gasteiger partial charge in [0.2, 0.25) is 5.88 Å². The predicted octanol–water partition coefficient (Wildman–Crippen LogP) is 1.91. The zero-order chi connectivity index (χ0) is 23.2. The Kier molecular flexibility index (Phi) is 8.80. The molecule has 0 saturated heterocycles. The number of pyridine rings is 1. The number of aromatic nitrogens is 1. The van der Waals surface area contributed by atoms with Gasteiger partial charge in [-0.2, -0.15) is 5.26 Å². The van der Waals surface area contributed by atoms with Crippen LogP contribution in [0, 0.1) is 11.3 Å². The topological polar surface area (TPSA) is 86.5 Å². The zero-order valence-corrected chi connectivity index (χ0v) is 21.2. The molecule has 1 unspecified atom stereocenters. The van der Waals surface area contributed by atoms with Crippen molar-refractivity contribution < 1.29 is 45.6 Å². The second kappa shape index (κ2) is 11.8. The van der Waals surface area contributed by atoms with E-state index in [4.69, 9.17) is 4.74 Å². The second-order valence-corrected chi connectivity index (χ2v) is 7.70. The number of benzene rings is 3. The van der Waals surface area contributed by atoms with Gasteiger partial charge >= 0.3 is 35.5 Å². The van der Waals surface area contributed by atoms with Gasteiger partial charge in [0.05, 0.1) is 36.8 Å². The number of hydrogen-bond acceptors (Lipinski definition) is 5. The number of carbonyl (C=O) groups is 1. The maximum atomic E-state index is 11.9. The van der Waals surface area contributed by atoms with Gasteiger partial charge in [-0.1, -0.05) is 60.7 Å². The molecule has 0 bridgehead atoms. The third-order valence-electron chi connectivity index (χ3n) is 5.47. The van der Waals surface area contributed by atoms with Crippen LogP contribution in [-0.2, 0) is 11.3 Å². The fourth-order valence-corrected chi connectivity index (χ4v) is 4.06. The van der Waals surface area contributed by atoms with Crippen LogP contribution in [0.25, 0.3) is 10.9 Å². The molecular formula is C27H24N3NaO3. The molecule has 0 aliphatic heterocycles. The molecule has 6 nitrogen and oxygen atoms in total. The van der Waals surface area contributed by atoms with Crippen LogP contribution in [0.3, 0.4) is 0 Å². The average molecular weight is 461 g/mol. The first-order chi connectivity index (χ1) is 16.1. The minimum atomic E-state index is -0.925. The number of rotatable bonds is 8. The fraction of sp³-hybridized carbons (Fsp3) is 0.148. The van der Waals surface area contributed by atoms with Crippen LogP contribution in [0.15, 0.2) is 84.9 Å². The van der Waals surface area contributed by atoms with E-state index in [0.29, 0.717) is 23.5 Å². The van der Waals surface area contributed by atoms with Crippen LogP contribution in [0.5, 0.6) is 5.88 Å². The van der Waals surface area contributed by atoms with Crippen molar-refractivity contribution in [2.45, 2.75) is 12.6 Å². The average Bonchev–Trinajstić information content (AvgIpc) is 2.84. The molecule has 7 heteroatoms. The summed E-state index contributed by atoms with van der Waals surface area (Å²) in [6, 6.07) is 28.5. The van der Waals surface area contributed by atoms with Gasteiger partial charge in [0.15, 0.2) is 0 Å². The molecule has 4 rings (SSSR count). The number of nitrogens with zero attached hydrogens (tertiary/aromatic N) is 3. The second-order valence-electron chi connectivity index (χ2n) is 7.70. The summed E-state index contributed by atoms with van der Waals surface area (Å²) in [5, 5.41) is 19.9. The van der Waals surface area contributed by atoms with Crippen molar-refractivity contribution in [2.75, 3.05) is 13.7 Å². The van der Waals surface area contributed by atoms with E-state index in [1.54, 1.807) is 25.3 Å². The summed E-state index contributed by atoms with van der Waals surface area (Å²) in [5.41, 5.74) is 3.89. The van der Waals surface area contributed by atoms with Crippen molar-refractivity contribution in [1.29, 1.82) is 5.26 Å². The van der Waals surface area contributed by atoms with Gasteiger partial charge in [0.1, 0.15) is 0 Å². The standard InChI is InChI=1S/C27H23N3O3.Na.H/c1-33-27-23(15-22-14-20(16-28)12-13-24(22)29-27)26(21-10-6-3-7-11-21)30(18-25(31)32)17-19-8-4-2-5-9-19;;/h2-15,26H,17-18H2,1H3,(H,31,32);;/q;+1;-1. The van der Waals surface area contributed by atoms with Crippen LogP contribution in [0.4, 0.5) is 0 Å². The van der Waals surface area contributed by atoms with E-state index < -0.39 is 12.0 Å². The van der Waals surface area contributed by atoms with Crippen molar-refractivity contribution in [3.63, 3.8) is 0 Å². The fourth-order valence-electron chi connectivity index (χ4n) is 4.06. The Balaban J connectivity index is 0.00000216. The van der Waals surface area contributed by atoms with E-state index in [2.05, 4.69) is 11.1 Å². The maximum Gasteiger partial charge on any atom is 1.00 e. The first-order valence-corrected chi connectivity index (χ1v) is 10.5. The number of carboxylic acids is 1. The quantitative estimate of drug-likeness (QED) is 0.404. The Morgan fingerprint density at radius 1 is 1.09 bits per heavy atom. The van der Waals surface area contributed by atoms with Gasteiger partial charge in [-0.25, -0.2) is 4.98 Å². The van der Waals surface area contributed by atoms with Crippen LogP contribution < -0.4 is 34.3 Å². The van der Waals surface area contributed by atoms with Crippen LogP contribution in [-0.4, -0.2) is 34.6 Å². The maximum absolute atomic E-state index is 11.9. The molecule has 34 heavy (non-hydrogen) atoms. The van der Waals surface area contributed by atoms with Crippen LogP contribution in [0.1, 0.15) is 29.7 Å². The molecule has 166 valence electrons. The van der Waals surface area contributed by atoms with Crippen molar-refractivity contribution in [2.24, 2.45) is 0 Å². The molecule has 1 aromatic heterocycles. The van der Waals surface area contributed by atoms with E-state index in [9.17, 15) is 15.2 Å². The smallest absolute Gasteiger partial charge is 1.00 e. The Labute approximate surface area is 222 Å². The zero-order valence-electron chi connectivity index (χ0n) is 20.2. The minimum absolute atomic E-state index is 0. The molecular weight excluding hydrogens is 437 g/mol. The number of methoxy groups -OCH3 is 1. The monoisotopic (exact) mass is 461 g/mol. The summed E-state index contributed by atoms with van der Waals surface area (Å²) >= 11 is 0. The number of aliphatic carboxylic acids is 1. The van der Waals surface area contributed by atoms with E-state index in [-0.39, 0.29) is 37.5 Å². The molecule has 0 fully saturated rings. The molecule has 1 N–H and O–H groups in total. The van der Waals surface area contributed by atoms with Gasteiger partial charge in [0.25, 0.3) is 0 Å². The summed E-state index contributed by atoms with van der Waals surface area (Å²) in [4.78, 5) is 18.5. The minimum Gasteiger partial charge on any atom is -1.00 e. The first kappa shape index (κ1) is 25.4. The predicted molar refractivity (Wildman–Crippen MR) is 127 cm³/mol. The number of nitriles is 1. The molecule has 0 aliphatic rings. The molecule has 1 atom stereocenters. The third-order valence-corrected chi connectivity index (χ3v) is 5.47. The summed E-state index contributed by atoms with van der Waals surface area (Å²) < 4.78 is 5.67. The van der Waals surface area contributed by atoms with Gasteiger partial charge in [-0.15, -0.1) is 0 Å². The number of hydrogen-bond donors (Lipinski definition) is 1. The van der Waals surface area contributed by atoms with Crippen molar-refractivity contribution in [3.05, 3.63) is 107 Å².